The van der Waals surface area contributed by atoms with Crippen LogP contribution in [-0.2, 0) is 0 Å². The van der Waals surface area contributed by atoms with Crippen molar-refractivity contribution in [3.8, 4) is 0 Å². The van der Waals surface area contributed by atoms with Crippen LogP contribution < -0.4 is 5.32 Å². The highest BCUT2D eigenvalue weighted by atomic mass is 15.1. The quantitative estimate of drug-likeness (QED) is 0.706. The second-order valence-corrected chi connectivity index (χ2v) is 5.21. The molecule has 0 saturated carbocycles. The molecule has 0 aliphatic carbocycles. The van der Waals surface area contributed by atoms with Crippen LogP contribution in [0.25, 0.3) is 0 Å². The zero-order valence-electron chi connectivity index (χ0n) is 10.8. The molecule has 0 radical (unpaired) electrons. The van der Waals surface area contributed by atoms with Gasteiger partial charge in [-0.2, -0.15) is 0 Å². The standard InChI is InChI=1S/C12H27N3/c1-11-12(6-7-13-11)10-15(4)9-5-8-14(2)3/h11-13H,5-10H2,1-4H3. The van der Waals surface area contributed by atoms with Gasteiger partial charge in [-0.15, -0.1) is 0 Å². The van der Waals surface area contributed by atoms with Gasteiger partial charge in [0.25, 0.3) is 0 Å². The van der Waals surface area contributed by atoms with E-state index in [1.165, 1.54) is 39.0 Å². The Morgan fingerprint density at radius 3 is 2.47 bits per heavy atom. The van der Waals surface area contributed by atoms with Crippen molar-refractivity contribution in [3.05, 3.63) is 0 Å². The Morgan fingerprint density at radius 2 is 1.93 bits per heavy atom. The molecule has 90 valence electrons. The maximum absolute atomic E-state index is 3.51. The summed E-state index contributed by atoms with van der Waals surface area (Å²) in [6.45, 7) is 7.19. The second-order valence-electron chi connectivity index (χ2n) is 5.21. The van der Waals surface area contributed by atoms with Gasteiger partial charge >= 0.3 is 0 Å². The molecule has 2 unspecified atom stereocenters. The molecule has 1 fully saturated rings. The van der Waals surface area contributed by atoms with Gasteiger partial charge in [-0.25, -0.2) is 0 Å². The predicted molar refractivity (Wildman–Crippen MR) is 66.2 cm³/mol. The maximum Gasteiger partial charge on any atom is 0.00796 e. The summed E-state index contributed by atoms with van der Waals surface area (Å²) in [6, 6.07) is 0.710. The Labute approximate surface area is 94.8 Å². The Hall–Kier alpha value is -0.120. The van der Waals surface area contributed by atoms with Gasteiger partial charge in [0.1, 0.15) is 0 Å². The summed E-state index contributed by atoms with van der Waals surface area (Å²) in [5.74, 6) is 0.856. The highest BCUT2D eigenvalue weighted by Gasteiger charge is 2.23. The molecule has 1 heterocycles. The van der Waals surface area contributed by atoms with Crippen LogP contribution in [0.4, 0.5) is 0 Å². The van der Waals surface area contributed by atoms with Crippen LogP contribution in [0.2, 0.25) is 0 Å². The van der Waals surface area contributed by atoms with Gasteiger partial charge in [-0.3, -0.25) is 0 Å². The van der Waals surface area contributed by atoms with Crippen molar-refractivity contribution in [2.24, 2.45) is 5.92 Å². The van der Waals surface area contributed by atoms with E-state index >= 15 is 0 Å². The zero-order valence-corrected chi connectivity index (χ0v) is 10.8. The lowest BCUT2D eigenvalue weighted by Gasteiger charge is -2.23. The van der Waals surface area contributed by atoms with Gasteiger partial charge in [0.05, 0.1) is 0 Å². The molecule has 0 bridgehead atoms. The summed E-state index contributed by atoms with van der Waals surface area (Å²) in [4.78, 5) is 4.74. The SMILES string of the molecule is CC1NCCC1CN(C)CCCN(C)C. The smallest absolute Gasteiger partial charge is 0.00796 e. The molecule has 0 spiro atoms. The van der Waals surface area contributed by atoms with Crippen molar-refractivity contribution in [1.29, 1.82) is 0 Å². The highest BCUT2D eigenvalue weighted by molar-refractivity contribution is 4.81. The van der Waals surface area contributed by atoms with E-state index in [2.05, 4.69) is 43.2 Å². The van der Waals surface area contributed by atoms with E-state index in [4.69, 9.17) is 0 Å². The average molecular weight is 213 g/mol. The molecule has 0 aromatic heterocycles. The fraction of sp³-hybridized carbons (Fsp3) is 1.00. The predicted octanol–water partition coefficient (Wildman–Crippen LogP) is 0.868. The lowest BCUT2D eigenvalue weighted by Crippen LogP contribution is -2.33. The monoisotopic (exact) mass is 213 g/mol. The molecule has 1 saturated heterocycles. The first-order chi connectivity index (χ1) is 7.09. The van der Waals surface area contributed by atoms with Crippen LogP contribution in [0.5, 0.6) is 0 Å². The van der Waals surface area contributed by atoms with E-state index in [1.54, 1.807) is 0 Å². The normalized spacial score (nSPS) is 26.8. The summed E-state index contributed by atoms with van der Waals surface area (Å²) >= 11 is 0. The van der Waals surface area contributed by atoms with Gasteiger partial charge in [0.2, 0.25) is 0 Å². The fourth-order valence-corrected chi connectivity index (χ4v) is 2.31. The summed E-state index contributed by atoms with van der Waals surface area (Å²) in [6.07, 6.45) is 2.62. The third kappa shape index (κ3) is 4.96. The number of hydrogen-bond acceptors (Lipinski definition) is 3. The largest absolute Gasteiger partial charge is 0.314 e. The number of rotatable bonds is 6. The molecule has 3 nitrogen and oxygen atoms in total. The Bertz CT molecular complexity index is 170. The summed E-state index contributed by atoms with van der Waals surface area (Å²) < 4.78 is 0. The molecular weight excluding hydrogens is 186 g/mol. The minimum atomic E-state index is 0.710. The van der Waals surface area contributed by atoms with Crippen LogP contribution >= 0.6 is 0 Å². The van der Waals surface area contributed by atoms with Crippen molar-refractivity contribution >= 4 is 0 Å². The third-order valence-corrected chi connectivity index (χ3v) is 3.38. The minimum Gasteiger partial charge on any atom is -0.314 e. The van der Waals surface area contributed by atoms with Crippen molar-refractivity contribution in [2.45, 2.75) is 25.8 Å². The maximum atomic E-state index is 3.51. The van der Waals surface area contributed by atoms with Crippen molar-refractivity contribution < 1.29 is 0 Å². The molecule has 0 aromatic rings. The van der Waals surface area contributed by atoms with E-state index in [0.717, 1.165) is 5.92 Å². The lowest BCUT2D eigenvalue weighted by molar-refractivity contribution is 0.251. The highest BCUT2D eigenvalue weighted by Crippen LogP contribution is 2.15. The number of nitrogens with zero attached hydrogens (tertiary/aromatic N) is 2. The molecule has 0 aromatic carbocycles. The fourth-order valence-electron chi connectivity index (χ4n) is 2.31. The van der Waals surface area contributed by atoms with Crippen molar-refractivity contribution in [2.75, 3.05) is 47.3 Å². The molecule has 1 N–H and O–H groups in total. The summed E-state index contributed by atoms with van der Waals surface area (Å²) in [5, 5.41) is 3.51. The van der Waals surface area contributed by atoms with Crippen LogP contribution in [0, 0.1) is 5.92 Å². The molecule has 3 heteroatoms. The average Bonchev–Trinajstić information content (AvgIpc) is 2.51. The number of nitrogens with one attached hydrogen (secondary N) is 1. The van der Waals surface area contributed by atoms with Crippen LogP contribution in [0.3, 0.4) is 0 Å². The zero-order chi connectivity index (χ0) is 11.3. The first-order valence-electron chi connectivity index (χ1n) is 6.16. The molecule has 1 aliphatic rings. The van der Waals surface area contributed by atoms with Crippen LogP contribution in [0.1, 0.15) is 19.8 Å². The van der Waals surface area contributed by atoms with Crippen molar-refractivity contribution in [1.82, 2.24) is 15.1 Å². The summed E-state index contributed by atoms with van der Waals surface area (Å²) in [5.41, 5.74) is 0. The van der Waals surface area contributed by atoms with E-state index in [-0.39, 0.29) is 0 Å². The molecule has 0 amide bonds. The molecule has 1 aliphatic heterocycles. The van der Waals surface area contributed by atoms with Gasteiger partial charge in [0, 0.05) is 12.6 Å². The molecule has 2 atom stereocenters. The third-order valence-electron chi connectivity index (χ3n) is 3.38. The Kier molecular flexibility index (Phi) is 5.58. The second kappa shape index (κ2) is 6.46. The Morgan fingerprint density at radius 1 is 1.20 bits per heavy atom. The topological polar surface area (TPSA) is 18.5 Å². The minimum absolute atomic E-state index is 0.710. The van der Waals surface area contributed by atoms with E-state index in [0.29, 0.717) is 6.04 Å². The van der Waals surface area contributed by atoms with Crippen LogP contribution in [-0.4, -0.2) is 63.2 Å². The van der Waals surface area contributed by atoms with Gasteiger partial charge < -0.3 is 15.1 Å². The number of hydrogen-bond donors (Lipinski definition) is 1. The first-order valence-corrected chi connectivity index (χ1v) is 6.16. The lowest BCUT2D eigenvalue weighted by atomic mass is 10.0. The van der Waals surface area contributed by atoms with E-state index in [9.17, 15) is 0 Å². The molecule has 15 heavy (non-hydrogen) atoms. The summed E-state index contributed by atoms with van der Waals surface area (Å²) in [7, 11) is 6.53. The van der Waals surface area contributed by atoms with Gasteiger partial charge in [0.15, 0.2) is 0 Å². The van der Waals surface area contributed by atoms with Crippen LogP contribution in [0.15, 0.2) is 0 Å². The van der Waals surface area contributed by atoms with E-state index in [1.807, 2.05) is 0 Å². The molecular formula is C12H27N3. The van der Waals surface area contributed by atoms with Crippen molar-refractivity contribution in [3.63, 3.8) is 0 Å². The Balaban J connectivity index is 2.09. The molecule has 1 rings (SSSR count). The van der Waals surface area contributed by atoms with E-state index < -0.39 is 0 Å². The first kappa shape index (κ1) is 12.9. The van der Waals surface area contributed by atoms with Gasteiger partial charge in [-0.05, 0) is 66.5 Å². The van der Waals surface area contributed by atoms with Gasteiger partial charge in [-0.1, -0.05) is 0 Å².